The molecule has 2 atom stereocenters. The van der Waals surface area contributed by atoms with Gasteiger partial charge in [-0.1, -0.05) is 27.7 Å². The van der Waals surface area contributed by atoms with Crippen LogP contribution in [0.5, 0.6) is 0 Å². The lowest BCUT2D eigenvalue weighted by atomic mass is 10.2. The molecule has 0 aliphatic carbocycles. The van der Waals surface area contributed by atoms with Crippen LogP contribution in [0.25, 0.3) is 0 Å². The van der Waals surface area contributed by atoms with E-state index in [1.165, 1.54) is 39.1 Å². The Morgan fingerprint density at radius 2 is 1.88 bits per heavy atom. The molecule has 1 aliphatic heterocycles. The van der Waals surface area contributed by atoms with E-state index in [4.69, 9.17) is 0 Å². The number of rotatable bonds is 7. The van der Waals surface area contributed by atoms with Crippen molar-refractivity contribution in [2.75, 3.05) is 32.7 Å². The highest BCUT2D eigenvalue weighted by Gasteiger charge is 2.26. The Hall–Kier alpha value is -0.120. The van der Waals surface area contributed by atoms with E-state index in [1.807, 2.05) is 0 Å². The van der Waals surface area contributed by atoms with Gasteiger partial charge in [0.25, 0.3) is 0 Å². The summed E-state index contributed by atoms with van der Waals surface area (Å²) in [5.74, 6) is 0. The minimum absolute atomic E-state index is 0.609. The molecule has 1 saturated heterocycles. The number of hydrogen-bond acceptors (Lipinski definition) is 3. The Kier molecular flexibility index (Phi) is 6.45. The molecule has 1 fully saturated rings. The van der Waals surface area contributed by atoms with Gasteiger partial charge in [-0.15, -0.1) is 0 Å². The summed E-state index contributed by atoms with van der Waals surface area (Å²) in [5.41, 5.74) is 0. The summed E-state index contributed by atoms with van der Waals surface area (Å²) in [6, 6.07) is 2.00. The van der Waals surface area contributed by atoms with E-state index < -0.39 is 0 Å². The van der Waals surface area contributed by atoms with Gasteiger partial charge in [0.2, 0.25) is 0 Å². The molecule has 0 aromatic rings. The van der Waals surface area contributed by atoms with Gasteiger partial charge in [0.05, 0.1) is 0 Å². The Balaban J connectivity index is 2.32. The van der Waals surface area contributed by atoms with Gasteiger partial charge in [-0.3, -0.25) is 4.90 Å². The van der Waals surface area contributed by atoms with Crippen LogP contribution in [-0.2, 0) is 0 Å². The summed E-state index contributed by atoms with van der Waals surface area (Å²) in [4.78, 5) is 5.16. The SMILES string of the molecule is CCN(CC)CC(C)N1CCC(NC(C)C)C1. The summed E-state index contributed by atoms with van der Waals surface area (Å²) in [7, 11) is 0. The molecule has 1 rings (SSSR count). The van der Waals surface area contributed by atoms with Gasteiger partial charge in [0.15, 0.2) is 0 Å². The number of nitrogens with zero attached hydrogens (tertiary/aromatic N) is 2. The molecule has 1 N–H and O–H groups in total. The largest absolute Gasteiger partial charge is 0.310 e. The summed E-state index contributed by atoms with van der Waals surface area (Å²) in [6.45, 7) is 17.4. The molecule has 0 spiro atoms. The van der Waals surface area contributed by atoms with Crippen molar-refractivity contribution in [3.63, 3.8) is 0 Å². The third kappa shape index (κ3) is 4.94. The molecule has 3 nitrogen and oxygen atoms in total. The first-order valence-corrected chi connectivity index (χ1v) is 7.29. The van der Waals surface area contributed by atoms with Gasteiger partial charge < -0.3 is 10.2 Å². The predicted octanol–water partition coefficient (Wildman–Crippen LogP) is 1.79. The lowest BCUT2D eigenvalue weighted by Gasteiger charge is -2.29. The molecule has 17 heavy (non-hydrogen) atoms. The molecule has 1 heterocycles. The van der Waals surface area contributed by atoms with E-state index in [0.717, 1.165) is 0 Å². The van der Waals surface area contributed by atoms with Gasteiger partial charge in [0.1, 0.15) is 0 Å². The third-order valence-corrected chi connectivity index (χ3v) is 3.83. The fraction of sp³-hybridized carbons (Fsp3) is 1.00. The van der Waals surface area contributed by atoms with Crippen LogP contribution in [0.4, 0.5) is 0 Å². The quantitative estimate of drug-likeness (QED) is 0.733. The van der Waals surface area contributed by atoms with E-state index in [1.54, 1.807) is 0 Å². The van der Waals surface area contributed by atoms with Gasteiger partial charge in [-0.25, -0.2) is 0 Å². The highest BCUT2D eigenvalue weighted by Crippen LogP contribution is 2.14. The Morgan fingerprint density at radius 3 is 2.41 bits per heavy atom. The second kappa shape index (κ2) is 7.34. The third-order valence-electron chi connectivity index (χ3n) is 3.83. The van der Waals surface area contributed by atoms with Crippen LogP contribution in [-0.4, -0.2) is 60.6 Å². The number of likely N-dealkylation sites (tertiary alicyclic amines) is 1. The standard InChI is InChI=1S/C14H31N3/c1-6-16(7-2)10-13(5)17-9-8-14(11-17)15-12(3)4/h12-15H,6-11H2,1-5H3. The highest BCUT2D eigenvalue weighted by atomic mass is 15.2. The molecule has 0 amide bonds. The average molecular weight is 241 g/mol. The lowest BCUT2D eigenvalue weighted by Crippen LogP contribution is -2.43. The molecule has 3 heteroatoms. The van der Waals surface area contributed by atoms with Gasteiger partial charge in [-0.2, -0.15) is 0 Å². The van der Waals surface area contributed by atoms with Crippen LogP contribution < -0.4 is 5.32 Å². The van der Waals surface area contributed by atoms with E-state index in [9.17, 15) is 0 Å². The fourth-order valence-electron chi connectivity index (χ4n) is 2.77. The van der Waals surface area contributed by atoms with E-state index in [0.29, 0.717) is 18.1 Å². The molecule has 2 unspecified atom stereocenters. The zero-order valence-corrected chi connectivity index (χ0v) is 12.4. The maximum Gasteiger partial charge on any atom is 0.0209 e. The molecule has 0 bridgehead atoms. The van der Waals surface area contributed by atoms with E-state index >= 15 is 0 Å². The van der Waals surface area contributed by atoms with Crippen molar-refractivity contribution in [1.82, 2.24) is 15.1 Å². The maximum absolute atomic E-state index is 3.65. The van der Waals surface area contributed by atoms with Crippen LogP contribution in [0.1, 0.15) is 41.0 Å². The first-order chi connectivity index (χ1) is 8.06. The van der Waals surface area contributed by atoms with Crippen molar-refractivity contribution in [3.05, 3.63) is 0 Å². The Labute approximate surface area is 108 Å². The minimum atomic E-state index is 0.609. The van der Waals surface area contributed by atoms with Gasteiger partial charge in [-0.05, 0) is 26.4 Å². The molecule has 0 aromatic carbocycles. The topological polar surface area (TPSA) is 18.5 Å². The van der Waals surface area contributed by atoms with Crippen molar-refractivity contribution in [1.29, 1.82) is 0 Å². The first kappa shape index (κ1) is 14.9. The fourth-order valence-corrected chi connectivity index (χ4v) is 2.77. The van der Waals surface area contributed by atoms with Crippen molar-refractivity contribution >= 4 is 0 Å². The Morgan fingerprint density at radius 1 is 1.24 bits per heavy atom. The monoisotopic (exact) mass is 241 g/mol. The smallest absolute Gasteiger partial charge is 0.0209 e. The number of likely N-dealkylation sites (N-methyl/N-ethyl adjacent to an activating group) is 1. The number of nitrogens with one attached hydrogen (secondary N) is 1. The van der Waals surface area contributed by atoms with Crippen molar-refractivity contribution in [2.45, 2.75) is 59.2 Å². The minimum Gasteiger partial charge on any atom is -0.310 e. The summed E-state index contributed by atoms with van der Waals surface area (Å²) >= 11 is 0. The summed E-state index contributed by atoms with van der Waals surface area (Å²) in [6.07, 6.45) is 1.31. The zero-order chi connectivity index (χ0) is 12.8. The first-order valence-electron chi connectivity index (χ1n) is 7.29. The molecule has 102 valence electrons. The molecule has 0 radical (unpaired) electrons. The van der Waals surface area contributed by atoms with Crippen LogP contribution in [0.15, 0.2) is 0 Å². The van der Waals surface area contributed by atoms with Crippen molar-refractivity contribution in [3.8, 4) is 0 Å². The number of hydrogen-bond donors (Lipinski definition) is 1. The van der Waals surface area contributed by atoms with E-state index in [-0.39, 0.29) is 0 Å². The van der Waals surface area contributed by atoms with E-state index in [2.05, 4.69) is 49.7 Å². The summed E-state index contributed by atoms with van der Waals surface area (Å²) < 4.78 is 0. The van der Waals surface area contributed by atoms with Crippen LogP contribution >= 0.6 is 0 Å². The Bertz CT molecular complexity index is 202. The van der Waals surface area contributed by atoms with Crippen LogP contribution in [0.3, 0.4) is 0 Å². The second-order valence-corrected chi connectivity index (χ2v) is 5.64. The summed E-state index contributed by atoms with van der Waals surface area (Å²) in [5, 5.41) is 3.65. The van der Waals surface area contributed by atoms with Crippen LogP contribution in [0, 0.1) is 0 Å². The van der Waals surface area contributed by atoms with Crippen LogP contribution in [0.2, 0.25) is 0 Å². The van der Waals surface area contributed by atoms with Crippen molar-refractivity contribution in [2.24, 2.45) is 0 Å². The normalized spacial score (nSPS) is 23.8. The molecule has 1 aliphatic rings. The zero-order valence-electron chi connectivity index (χ0n) is 12.4. The lowest BCUT2D eigenvalue weighted by molar-refractivity contribution is 0.178. The average Bonchev–Trinajstić information content (AvgIpc) is 2.73. The highest BCUT2D eigenvalue weighted by molar-refractivity contribution is 4.85. The molecule has 0 saturated carbocycles. The molecular formula is C14H31N3. The maximum atomic E-state index is 3.65. The van der Waals surface area contributed by atoms with Gasteiger partial charge in [0, 0.05) is 37.8 Å². The van der Waals surface area contributed by atoms with Crippen molar-refractivity contribution < 1.29 is 0 Å². The molecule has 0 aromatic heterocycles. The second-order valence-electron chi connectivity index (χ2n) is 5.64. The predicted molar refractivity (Wildman–Crippen MR) is 75.5 cm³/mol. The van der Waals surface area contributed by atoms with Gasteiger partial charge >= 0.3 is 0 Å². The molecular weight excluding hydrogens is 210 g/mol.